The highest BCUT2D eigenvalue weighted by Crippen LogP contribution is 2.39. The van der Waals surface area contributed by atoms with E-state index >= 15 is 0 Å². The smallest absolute Gasteiger partial charge is 0.313 e. The van der Waals surface area contributed by atoms with Gasteiger partial charge >= 0.3 is 17.8 Å². The van der Waals surface area contributed by atoms with Crippen molar-refractivity contribution in [3.8, 4) is 5.75 Å². The summed E-state index contributed by atoms with van der Waals surface area (Å²) >= 11 is 0. The monoisotopic (exact) mass is 424 g/mol. The van der Waals surface area contributed by atoms with Crippen LogP contribution in [0.15, 0.2) is 36.5 Å². The number of benzene rings is 1. The normalized spacial score (nSPS) is 20.8. The van der Waals surface area contributed by atoms with Crippen LogP contribution in [0.2, 0.25) is 0 Å². The van der Waals surface area contributed by atoms with Crippen molar-refractivity contribution in [3.63, 3.8) is 0 Å². The second-order valence-electron chi connectivity index (χ2n) is 8.33. The van der Waals surface area contributed by atoms with Crippen molar-refractivity contribution in [2.75, 3.05) is 17.6 Å². The molecular weight excluding hydrogens is 396 g/mol. The van der Waals surface area contributed by atoms with Gasteiger partial charge < -0.3 is 20.7 Å². The summed E-state index contributed by atoms with van der Waals surface area (Å²) < 4.78 is 5.11. The van der Waals surface area contributed by atoms with Gasteiger partial charge in [-0.1, -0.05) is 19.1 Å². The van der Waals surface area contributed by atoms with Gasteiger partial charge in [0, 0.05) is 13.5 Å². The number of carbonyl (C=O) groups is 3. The number of nitrogens with one attached hydrogen (secondary N) is 1. The van der Waals surface area contributed by atoms with Crippen LogP contribution in [-0.4, -0.2) is 34.2 Å². The lowest BCUT2D eigenvalue weighted by Gasteiger charge is -2.47. The first-order valence-corrected chi connectivity index (χ1v) is 10.2. The number of esters is 1. The van der Waals surface area contributed by atoms with Gasteiger partial charge in [0.1, 0.15) is 11.6 Å². The van der Waals surface area contributed by atoms with E-state index in [1.165, 1.54) is 13.1 Å². The fourth-order valence-electron chi connectivity index (χ4n) is 3.88. The largest absolute Gasteiger partial charge is 0.427 e. The highest BCUT2D eigenvalue weighted by atomic mass is 16.5. The lowest BCUT2D eigenvalue weighted by Crippen LogP contribution is -2.55. The third-order valence-electron chi connectivity index (χ3n) is 5.77. The van der Waals surface area contributed by atoms with Crippen molar-refractivity contribution in [1.82, 2.24) is 9.88 Å². The third kappa shape index (κ3) is 4.84. The summed E-state index contributed by atoms with van der Waals surface area (Å²) in [7, 11) is 0. The van der Waals surface area contributed by atoms with Gasteiger partial charge in [-0.2, -0.15) is 0 Å². The molecule has 3 rings (SSSR count). The Morgan fingerprint density at radius 2 is 1.94 bits per heavy atom. The van der Waals surface area contributed by atoms with Crippen LogP contribution in [0, 0.1) is 12.8 Å². The molecule has 2 aromatic rings. The third-order valence-corrected chi connectivity index (χ3v) is 5.77. The van der Waals surface area contributed by atoms with Gasteiger partial charge in [0.15, 0.2) is 0 Å². The summed E-state index contributed by atoms with van der Waals surface area (Å²) in [5, 5.41) is 2.64. The maximum Gasteiger partial charge on any atom is 0.313 e. The maximum absolute atomic E-state index is 13.2. The Kier molecular flexibility index (Phi) is 6.29. The fraction of sp³-hybridized carbons (Fsp3) is 0.391. The molecule has 3 N–H and O–H groups in total. The van der Waals surface area contributed by atoms with Crippen molar-refractivity contribution in [2.24, 2.45) is 5.92 Å². The van der Waals surface area contributed by atoms with Crippen molar-refractivity contribution in [1.29, 1.82) is 0 Å². The SMILES string of the molecule is CC(=O)Oc1ccc([C@]2(C)CC[C@H](C)CN2C(=O)C(=O)Nc2cnc(N)c(C)c2)cc1. The molecule has 0 aliphatic carbocycles. The van der Waals surface area contributed by atoms with E-state index < -0.39 is 23.3 Å². The maximum atomic E-state index is 13.2. The number of amides is 2. The van der Waals surface area contributed by atoms with Gasteiger partial charge in [-0.25, -0.2) is 4.98 Å². The van der Waals surface area contributed by atoms with Gasteiger partial charge in [0.2, 0.25) is 0 Å². The standard InChI is InChI=1S/C23H28N4O4/c1-14-9-10-23(4,17-5-7-19(8-6-17)31-16(3)28)27(13-14)22(30)21(29)26-18-11-15(2)20(24)25-12-18/h5-8,11-12,14H,9-10,13H2,1-4H3,(H2,24,25)(H,26,29)/t14-,23-/m0/s1. The average Bonchev–Trinajstić information content (AvgIpc) is 2.72. The van der Waals surface area contributed by atoms with E-state index in [9.17, 15) is 14.4 Å². The summed E-state index contributed by atoms with van der Waals surface area (Å²) in [5.74, 6) is -0.642. The molecule has 1 aromatic heterocycles. The van der Waals surface area contributed by atoms with Crippen molar-refractivity contribution in [3.05, 3.63) is 47.7 Å². The second kappa shape index (κ2) is 8.75. The molecule has 0 spiro atoms. The van der Waals surface area contributed by atoms with Gasteiger partial charge in [-0.05, 0) is 61.9 Å². The molecule has 1 aliphatic rings. The molecule has 31 heavy (non-hydrogen) atoms. The zero-order valence-electron chi connectivity index (χ0n) is 18.3. The van der Waals surface area contributed by atoms with Crippen molar-refractivity contribution in [2.45, 2.75) is 46.1 Å². The van der Waals surface area contributed by atoms with Crippen molar-refractivity contribution >= 4 is 29.3 Å². The highest BCUT2D eigenvalue weighted by molar-refractivity contribution is 6.39. The van der Waals surface area contributed by atoms with Crippen LogP contribution < -0.4 is 15.8 Å². The zero-order valence-corrected chi connectivity index (χ0v) is 18.3. The van der Waals surface area contributed by atoms with E-state index in [4.69, 9.17) is 10.5 Å². The molecule has 8 heteroatoms. The summed E-state index contributed by atoms with van der Waals surface area (Å²) in [6.45, 7) is 7.61. The van der Waals surface area contributed by atoms with E-state index in [0.29, 0.717) is 30.2 Å². The van der Waals surface area contributed by atoms with Gasteiger partial charge in [-0.15, -0.1) is 0 Å². The number of likely N-dealkylation sites (tertiary alicyclic amines) is 1. The minimum atomic E-state index is -0.720. The van der Waals surface area contributed by atoms with Crippen LogP contribution in [0.25, 0.3) is 0 Å². The zero-order chi connectivity index (χ0) is 22.8. The molecule has 2 heterocycles. The van der Waals surface area contributed by atoms with E-state index in [2.05, 4.69) is 17.2 Å². The quantitative estimate of drug-likeness (QED) is 0.445. The van der Waals surface area contributed by atoms with Crippen LogP contribution in [0.1, 0.15) is 44.7 Å². The molecule has 2 atom stereocenters. The Bertz CT molecular complexity index is 1010. The molecular formula is C23H28N4O4. The van der Waals surface area contributed by atoms with Gasteiger partial charge in [0.25, 0.3) is 0 Å². The number of nitrogen functional groups attached to an aromatic ring is 1. The number of ether oxygens (including phenoxy) is 1. The molecule has 1 aliphatic heterocycles. The number of carbonyl (C=O) groups excluding carboxylic acids is 3. The lowest BCUT2D eigenvalue weighted by molar-refractivity contribution is -0.150. The van der Waals surface area contributed by atoms with E-state index in [1.807, 2.05) is 19.1 Å². The van der Waals surface area contributed by atoms with Gasteiger partial charge in [0.05, 0.1) is 17.4 Å². The lowest BCUT2D eigenvalue weighted by atomic mass is 9.79. The Morgan fingerprint density at radius 3 is 2.55 bits per heavy atom. The number of nitrogens with two attached hydrogens (primary N) is 1. The second-order valence-corrected chi connectivity index (χ2v) is 8.33. The highest BCUT2D eigenvalue weighted by Gasteiger charge is 2.43. The minimum Gasteiger partial charge on any atom is -0.427 e. The minimum absolute atomic E-state index is 0.269. The Hall–Kier alpha value is -3.42. The van der Waals surface area contributed by atoms with Crippen molar-refractivity contribution < 1.29 is 19.1 Å². The first-order valence-electron chi connectivity index (χ1n) is 10.2. The first-order chi connectivity index (χ1) is 14.6. The number of aromatic nitrogens is 1. The predicted molar refractivity (Wildman–Crippen MR) is 117 cm³/mol. The molecule has 0 radical (unpaired) electrons. The molecule has 0 saturated carbocycles. The number of hydrogen-bond acceptors (Lipinski definition) is 6. The van der Waals surface area contributed by atoms with Crippen LogP contribution in [0.4, 0.5) is 11.5 Å². The number of pyridine rings is 1. The Morgan fingerprint density at radius 1 is 1.26 bits per heavy atom. The predicted octanol–water partition coefficient (Wildman–Crippen LogP) is 3.01. The molecule has 0 bridgehead atoms. The van der Waals surface area contributed by atoms with Crippen LogP contribution in [0.3, 0.4) is 0 Å². The van der Waals surface area contributed by atoms with Crippen LogP contribution >= 0.6 is 0 Å². The topological polar surface area (TPSA) is 115 Å². The van der Waals surface area contributed by atoms with E-state index in [-0.39, 0.29) is 5.92 Å². The summed E-state index contributed by atoms with van der Waals surface area (Å²) in [5.41, 5.74) is 7.07. The number of piperidine rings is 1. The molecule has 2 amide bonds. The van der Waals surface area contributed by atoms with E-state index in [1.54, 1.807) is 30.0 Å². The summed E-state index contributed by atoms with van der Waals surface area (Å²) in [6, 6.07) is 8.75. The Labute approximate surface area is 181 Å². The number of anilines is 2. The number of rotatable bonds is 3. The molecule has 0 unspecified atom stereocenters. The molecule has 1 aromatic carbocycles. The number of aryl methyl sites for hydroxylation is 1. The average molecular weight is 425 g/mol. The molecule has 1 saturated heterocycles. The fourth-order valence-corrected chi connectivity index (χ4v) is 3.88. The Balaban J connectivity index is 1.84. The van der Waals surface area contributed by atoms with Crippen LogP contribution in [-0.2, 0) is 19.9 Å². The number of hydrogen-bond donors (Lipinski definition) is 2. The first kappa shape index (κ1) is 22.3. The molecule has 164 valence electrons. The molecule has 1 fully saturated rings. The summed E-state index contributed by atoms with van der Waals surface area (Å²) in [6.07, 6.45) is 3.07. The number of nitrogens with zero attached hydrogens (tertiary/aromatic N) is 2. The van der Waals surface area contributed by atoms with E-state index in [0.717, 1.165) is 17.5 Å². The molecule has 8 nitrogen and oxygen atoms in total. The van der Waals surface area contributed by atoms with Crippen LogP contribution in [0.5, 0.6) is 5.75 Å². The summed E-state index contributed by atoms with van der Waals surface area (Å²) in [4.78, 5) is 42.8. The van der Waals surface area contributed by atoms with Gasteiger partial charge in [-0.3, -0.25) is 14.4 Å².